The molecule has 3 aromatic rings. The molecule has 0 atom stereocenters. The van der Waals surface area contributed by atoms with Gasteiger partial charge in [0.1, 0.15) is 16.0 Å². The Morgan fingerprint density at radius 1 is 1.10 bits per heavy atom. The largest absolute Gasteiger partial charge is 0.494 e. The fraction of sp³-hybridized carbons (Fsp3) is 0.233. The van der Waals surface area contributed by atoms with Gasteiger partial charge in [0.05, 0.1) is 31.2 Å². The van der Waals surface area contributed by atoms with Crippen molar-refractivity contribution in [1.29, 1.82) is 5.26 Å². The molecule has 11 heteroatoms. The van der Waals surface area contributed by atoms with Gasteiger partial charge in [-0.1, -0.05) is 59.9 Å². The van der Waals surface area contributed by atoms with Crippen LogP contribution in [0.15, 0.2) is 52.2 Å². The lowest BCUT2D eigenvalue weighted by atomic mass is 10.0. The van der Waals surface area contributed by atoms with Crippen molar-refractivity contribution in [3.05, 3.63) is 91.1 Å². The molecule has 1 aliphatic rings. The number of pyridine rings is 1. The number of aromatic hydroxyl groups is 1. The first kappa shape index (κ1) is 29.6. The lowest BCUT2D eigenvalue weighted by molar-refractivity contribution is -0.121. The zero-order chi connectivity index (χ0) is 29.8. The maximum absolute atomic E-state index is 13.5. The van der Waals surface area contributed by atoms with Gasteiger partial charge < -0.3 is 14.6 Å². The van der Waals surface area contributed by atoms with Gasteiger partial charge in [0, 0.05) is 6.54 Å². The van der Waals surface area contributed by atoms with E-state index in [4.69, 9.17) is 21.7 Å². The summed E-state index contributed by atoms with van der Waals surface area (Å²) in [7, 11) is 3.02. The molecular formula is C30H27N3O6S2. The normalized spacial score (nSPS) is 13.9. The molecule has 1 N–H and O–H groups in total. The van der Waals surface area contributed by atoms with Crippen LogP contribution in [0.1, 0.15) is 38.2 Å². The average Bonchev–Trinajstić information content (AvgIpc) is 3.21. The Labute approximate surface area is 246 Å². The summed E-state index contributed by atoms with van der Waals surface area (Å²) < 4.78 is 11.8. The molecule has 0 unspecified atom stereocenters. The second kappa shape index (κ2) is 12.4. The second-order valence-electron chi connectivity index (χ2n) is 9.31. The Morgan fingerprint density at radius 3 is 2.41 bits per heavy atom. The molecule has 1 fully saturated rings. The van der Waals surface area contributed by atoms with Crippen LogP contribution in [0.4, 0.5) is 0 Å². The maximum Gasteiger partial charge on any atom is 0.271 e. The van der Waals surface area contributed by atoms with Crippen LogP contribution in [0.25, 0.3) is 6.08 Å². The van der Waals surface area contributed by atoms with E-state index < -0.39 is 29.7 Å². The number of amides is 1. The first-order valence-corrected chi connectivity index (χ1v) is 13.7. The molecule has 9 nitrogen and oxygen atoms in total. The van der Waals surface area contributed by atoms with Gasteiger partial charge in [0.2, 0.25) is 5.88 Å². The summed E-state index contributed by atoms with van der Waals surface area (Å²) in [5.41, 5.74) is 1.54. The van der Waals surface area contributed by atoms with Gasteiger partial charge in [0.15, 0.2) is 17.3 Å². The summed E-state index contributed by atoms with van der Waals surface area (Å²) in [5.74, 6) is -0.621. The molecule has 0 spiro atoms. The maximum atomic E-state index is 13.5. The van der Waals surface area contributed by atoms with Crippen molar-refractivity contribution in [2.75, 3.05) is 20.8 Å². The first-order chi connectivity index (χ1) is 19.6. The van der Waals surface area contributed by atoms with Crippen molar-refractivity contribution < 1.29 is 24.2 Å². The third kappa shape index (κ3) is 6.04. The number of carbonyl (C=O) groups excluding carboxylic acids is 2. The number of benzene rings is 2. The summed E-state index contributed by atoms with van der Waals surface area (Å²) in [6, 6.07) is 14.7. The van der Waals surface area contributed by atoms with Crippen LogP contribution in [-0.4, -0.2) is 51.3 Å². The average molecular weight is 590 g/mol. The summed E-state index contributed by atoms with van der Waals surface area (Å²) >= 11 is 6.46. The molecule has 4 rings (SSSR count). The van der Waals surface area contributed by atoms with Crippen molar-refractivity contribution in [2.24, 2.45) is 0 Å². The van der Waals surface area contributed by atoms with Crippen LogP contribution in [-0.2, 0) is 17.8 Å². The highest BCUT2D eigenvalue weighted by Gasteiger charge is 2.35. The standard InChI is InChI=1S/C30H27N3O6S2/c1-17-5-7-19(8-6-17)14-25-28(36)33(30(40)41-25)16-22(34)26-18(2)21(15-31)27(35)32(29(26)37)12-11-20-9-10-23(38-3)24(13-20)39-4/h5-10,13-14,37H,11-12,16H2,1-4H3/b25-14-. The number of rotatable bonds is 9. The number of ether oxygens (including phenoxy) is 2. The van der Waals surface area contributed by atoms with E-state index >= 15 is 0 Å². The third-order valence-corrected chi connectivity index (χ3v) is 8.08. The Morgan fingerprint density at radius 2 is 1.78 bits per heavy atom. The highest BCUT2D eigenvalue weighted by atomic mass is 32.2. The smallest absolute Gasteiger partial charge is 0.271 e. The number of Topliss-reactive ketones (excluding diaryl/α,β-unsaturated/α-hetero) is 1. The fourth-order valence-corrected chi connectivity index (χ4v) is 5.70. The van der Waals surface area contributed by atoms with Crippen molar-refractivity contribution in [1.82, 2.24) is 9.47 Å². The van der Waals surface area contributed by atoms with Gasteiger partial charge in [-0.3, -0.25) is 23.9 Å². The van der Waals surface area contributed by atoms with Crippen LogP contribution in [0.3, 0.4) is 0 Å². The molecule has 41 heavy (non-hydrogen) atoms. The molecule has 1 amide bonds. The van der Waals surface area contributed by atoms with Gasteiger partial charge in [-0.25, -0.2) is 0 Å². The number of aromatic nitrogens is 1. The minimum atomic E-state index is -0.717. The van der Waals surface area contributed by atoms with Gasteiger partial charge in [-0.2, -0.15) is 5.26 Å². The van der Waals surface area contributed by atoms with Crippen molar-refractivity contribution in [3.8, 4) is 23.4 Å². The predicted octanol–water partition coefficient (Wildman–Crippen LogP) is 4.39. The number of thioether (sulfide) groups is 1. The molecule has 1 aliphatic heterocycles. The third-order valence-electron chi connectivity index (χ3n) is 6.70. The monoisotopic (exact) mass is 589 g/mol. The number of nitriles is 1. The molecule has 0 saturated carbocycles. The Hall–Kier alpha value is -4.40. The van der Waals surface area contributed by atoms with E-state index in [1.165, 1.54) is 21.1 Å². The van der Waals surface area contributed by atoms with E-state index in [-0.39, 0.29) is 34.0 Å². The zero-order valence-corrected chi connectivity index (χ0v) is 24.5. The molecular weight excluding hydrogens is 562 g/mol. The van der Waals surface area contributed by atoms with Crippen LogP contribution in [0, 0.1) is 25.2 Å². The minimum Gasteiger partial charge on any atom is -0.494 e. The van der Waals surface area contributed by atoms with E-state index in [2.05, 4.69) is 0 Å². The Balaban J connectivity index is 1.62. The van der Waals surface area contributed by atoms with Crippen LogP contribution >= 0.6 is 24.0 Å². The van der Waals surface area contributed by atoms with Crippen molar-refractivity contribution in [3.63, 3.8) is 0 Å². The molecule has 210 valence electrons. The molecule has 0 bridgehead atoms. The number of ketones is 1. The fourth-order valence-electron chi connectivity index (χ4n) is 4.44. The summed E-state index contributed by atoms with van der Waals surface area (Å²) in [5, 5.41) is 20.8. The van der Waals surface area contributed by atoms with E-state index in [0.717, 1.165) is 37.9 Å². The molecule has 0 radical (unpaired) electrons. The number of hydrogen-bond donors (Lipinski definition) is 1. The van der Waals surface area contributed by atoms with Gasteiger partial charge in [-0.15, -0.1) is 0 Å². The first-order valence-electron chi connectivity index (χ1n) is 12.5. The number of hydrogen-bond acceptors (Lipinski definition) is 9. The van der Waals surface area contributed by atoms with Gasteiger partial charge in [-0.05, 0) is 55.2 Å². The lowest BCUT2D eigenvalue weighted by Gasteiger charge is -2.18. The Bertz CT molecular complexity index is 1690. The van der Waals surface area contributed by atoms with E-state index in [0.29, 0.717) is 16.4 Å². The number of aryl methyl sites for hydroxylation is 2. The topological polar surface area (TPSA) is 122 Å². The van der Waals surface area contributed by atoms with E-state index in [9.17, 15) is 24.8 Å². The molecule has 1 saturated heterocycles. The number of nitrogens with zero attached hydrogens (tertiary/aromatic N) is 3. The van der Waals surface area contributed by atoms with Crippen LogP contribution < -0.4 is 15.0 Å². The second-order valence-corrected chi connectivity index (χ2v) is 11.0. The van der Waals surface area contributed by atoms with Crippen LogP contribution in [0.2, 0.25) is 0 Å². The van der Waals surface area contributed by atoms with Crippen molar-refractivity contribution in [2.45, 2.75) is 26.8 Å². The van der Waals surface area contributed by atoms with Crippen LogP contribution in [0.5, 0.6) is 17.4 Å². The number of carbonyl (C=O) groups is 2. The minimum absolute atomic E-state index is 0.0181. The number of methoxy groups -OCH3 is 2. The number of thiocarbonyl (C=S) groups is 1. The summed E-state index contributed by atoms with van der Waals surface area (Å²) in [4.78, 5) is 41.2. The highest BCUT2D eigenvalue weighted by molar-refractivity contribution is 8.26. The summed E-state index contributed by atoms with van der Waals surface area (Å²) in [6.07, 6.45) is 1.99. The lowest BCUT2D eigenvalue weighted by Crippen LogP contribution is -2.35. The van der Waals surface area contributed by atoms with Gasteiger partial charge >= 0.3 is 0 Å². The van der Waals surface area contributed by atoms with E-state index in [1.807, 2.05) is 37.3 Å². The molecule has 0 aliphatic carbocycles. The Kier molecular flexibility index (Phi) is 8.95. The molecule has 1 aromatic heterocycles. The van der Waals surface area contributed by atoms with Gasteiger partial charge in [0.25, 0.3) is 11.5 Å². The highest BCUT2D eigenvalue weighted by Crippen LogP contribution is 2.34. The quantitative estimate of drug-likeness (QED) is 0.220. The summed E-state index contributed by atoms with van der Waals surface area (Å²) in [6.45, 7) is 2.91. The van der Waals surface area contributed by atoms with Crippen molar-refractivity contribution >= 4 is 46.1 Å². The molecule has 2 aromatic carbocycles. The molecule has 2 heterocycles. The SMILES string of the molecule is COc1ccc(CCn2c(O)c(C(=O)CN3C(=O)/C(=C/c4ccc(C)cc4)SC3=S)c(C)c(C#N)c2=O)cc1OC. The van der Waals surface area contributed by atoms with E-state index in [1.54, 1.807) is 24.3 Å². The predicted molar refractivity (Wildman–Crippen MR) is 160 cm³/mol. The zero-order valence-electron chi connectivity index (χ0n) is 22.9.